The maximum absolute atomic E-state index is 6.04. The lowest BCUT2D eigenvalue weighted by Crippen LogP contribution is -2.40. The predicted molar refractivity (Wildman–Crippen MR) is 72.8 cm³/mol. The fourth-order valence-corrected chi connectivity index (χ4v) is 1.74. The average molecular weight is 242 g/mol. The Morgan fingerprint density at radius 2 is 1.56 bits per heavy atom. The zero-order chi connectivity index (χ0) is 13.0. The largest absolute Gasteiger partial charge is 0.519 e. The minimum Gasteiger partial charge on any atom is -0.519 e. The lowest BCUT2D eigenvalue weighted by atomic mass is 10.2. The Hall–Kier alpha value is -0.703. The van der Waals surface area contributed by atoms with Crippen LogP contribution in [0.5, 0.6) is 0 Å². The molecule has 0 aromatic carbocycles. The molecule has 0 aromatic heterocycles. The number of ether oxygens (including phenoxy) is 1. The van der Waals surface area contributed by atoms with E-state index in [9.17, 15) is 0 Å². The lowest BCUT2D eigenvalue weighted by molar-refractivity contribution is 0.141. The van der Waals surface area contributed by atoms with Crippen molar-refractivity contribution in [2.45, 2.75) is 52.8 Å². The van der Waals surface area contributed by atoms with E-state index in [-0.39, 0.29) is 5.04 Å². The zero-order valence-corrected chi connectivity index (χ0v) is 13.0. The van der Waals surface area contributed by atoms with Crippen LogP contribution >= 0.6 is 0 Å². The second-order valence-corrected chi connectivity index (χ2v) is 10.5. The predicted octanol–water partition coefficient (Wildman–Crippen LogP) is 4.46. The molecule has 2 nitrogen and oxygen atoms in total. The van der Waals surface area contributed by atoms with Crippen LogP contribution in [0.2, 0.25) is 18.1 Å². The Morgan fingerprint density at radius 3 is 1.88 bits per heavy atom. The highest BCUT2D eigenvalue weighted by atomic mass is 28.4. The van der Waals surface area contributed by atoms with Crippen molar-refractivity contribution in [3.05, 3.63) is 23.7 Å². The molecule has 0 amide bonds. The van der Waals surface area contributed by atoms with Crippen molar-refractivity contribution in [1.29, 1.82) is 0 Å². The van der Waals surface area contributed by atoms with Gasteiger partial charge < -0.3 is 9.16 Å². The summed E-state index contributed by atoms with van der Waals surface area (Å²) in [6.07, 6.45) is 3.90. The van der Waals surface area contributed by atoms with Crippen molar-refractivity contribution in [2.75, 3.05) is 7.11 Å². The van der Waals surface area contributed by atoms with Gasteiger partial charge in [0.2, 0.25) is 0 Å². The van der Waals surface area contributed by atoms with E-state index >= 15 is 0 Å². The third kappa shape index (κ3) is 4.88. The Kier molecular flexibility index (Phi) is 5.33. The molecule has 94 valence electrons. The number of allylic oxidation sites excluding steroid dienone is 3. The molecule has 0 bridgehead atoms. The van der Waals surface area contributed by atoms with Gasteiger partial charge in [-0.2, -0.15) is 0 Å². The third-order valence-electron chi connectivity index (χ3n) is 2.92. The second kappa shape index (κ2) is 5.57. The molecule has 0 aliphatic rings. The van der Waals surface area contributed by atoms with Gasteiger partial charge in [0.15, 0.2) is 0 Å². The Bertz CT molecular complexity index is 279. The van der Waals surface area contributed by atoms with Crippen molar-refractivity contribution < 1.29 is 9.16 Å². The molecular formula is C13H26O2Si. The van der Waals surface area contributed by atoms with E-state index in [2.05, 4.69) is 47.7 Å². The summed E-state index contributed by atoms with van der Waals surface area (Å²) in [5.41, 5.74) is 1.23. The molecule has 0 saturated heterocycles. The third-order valence-corrected chi connectivity index (χ3v) is 7.24. The number of hydrogen-bond donors (Lipinski definition) is 0. The van der Waals surface area contributed by atoms with Crippen molar-refractivity contribution in [3.63, 3.8) is 0 Å². The van der Waals surface area contributed by atoms with Crippen LogP contribution < -0.4 is 0 Å². The molecule has 3 heteroatoms. The fraction of sp³-hybridized carbons (Fsp3) is 0.692. The molecule has 0 unspecified atom stereocenters. The van der Waals surface area contributed by atoms with Gasteiger partial charge in [0.1, 0.15) is 0 Å². The minimum absolute atomic E-state index is 0.190. The normalized spacial score (nSPS) is 13.4. The standard InChI is InChI=1S/C13H26O2Si/c1-11(2)9-10-12(14-6)15-16(7,8)13(3,4)5/h9-10H,1-8H3/b12-10-. The van der Waals surface area contributed by atoms with Crippen LogP contribution in [0.1, 0.15) is 34.6 Å². The summed E-state index contributed by atoms with van der Waals surface area (Å²) in [5, 5.41) is 0.190. The van der Waals surface area contributed by atoms with Gasteiger partial charge in [-0.3, -0.25) is 0 Å². The zero-order valence-electron chi connectivity index (χ0n) is 12.0. The first-order chi connectivity index (χ1) is 7.10. The van der Waals surface area contributed by atoms with Gasteiger partial charge in [-0.25, -0.2) is 0 Å². The van der Waals surface area contributed by atoms with Crippen LogP contribution in [0.15, 0.2) is 23.7 Å². The Morgan fingerprint density at radius 1 is 1.06 bits per heavy atom. The monoisotopic (exact) mass is 242 g/mol. The summed E-state index contributed by atoms with van der Waals surface area (Å²) < 4.78 is 11.3. The molecule has 0 aliphatic carbocycles. The maximum Gasteiger partial charge on any atom is 0.264 e. The molecule has 0 atom stereocenters. The average Bonchev–Trinajstić information content (AvgIpc) is 2.09. The summed E-state index contributed by atoms with van der Waals surface area (Å²) >= 11 is 0. The quantitative estimate of drug-likeness (QED) is 0.411. The molecule has 0 spiro atoms. The van der Waals surface area contributed by atoms with Gasteiger partial charge in [-0.1, -0.05) is 32.4 Å². The van der Waals surface area contributed by atoms with E-state index in [4.69, 9.17) is 9.16 Å². The first kappa shape index (κ1) is 15.3. The van der Waals surface area contributed by atoms with E-state index in [0.717, 1.165) is 0 Å². The Balaban J connectivity index is 4.81. The van der Waals surface area contributed by atoms with E-state index in [1.54, 1.807) is 7.11 Å². The summed E-state index contributed by atoms with van der Waals surface area (Å²) in [4.78, 5) is 0. The molecule has 0 fully saturated rings. The van der Waals surface area contributed by atoms with Crippen LogP contribution in [0.25, 0.3) is 0 Å². The minimum atomic E-state index is -1.78. The molecule has 0 aromatic rings. The molecule has 0 saturated carbocycles. The SMILES string of the molecule is CO/C(=C/C=C(C)C)O[Si](C)(C)C(C)(C)C. The van der Waals surface area contributed by atoms with Crippen molar-refractivity contribution >= 4 is 8.32 Å². The second-order valence-electron chi connectivity index (χ2n) is 5.80. The molecule has 16 heavy (non-hydrogen) atoms. The van der Waals surface area contributed by atoms with E-state index in [1.807, 2.05) is 12.2 Å². The van der Waals surface area contributed by atoms with Crippen molar-refractivity contribution in [2.24, 2.45) is 0 Å². The number of methoxy groups -OCH3 is 1. The highest BCUT2D eigenvalue weighted by Crippen LogP contribution is 2.37. The highest BCUT2D eigenvalue weighted by molar-refractivity contribution is 6.74. The van der Waals surface area contributed by atoms with E-state index in [1.165, 1.54) is 5.57 Å². The van der Waals surface area contributed by atoms with Crippen molar-refractivity contribution in [1.82, 2.24) is 0 Å². The van der Waals surface area contributed by atoms with E-state index in [0.29, 0.717) is 5.95 Å². The Labute approximate surface area is 101 Å². The molecule has 0 radical (unpaired) electrons. The van der Waals surface area contributed by atoms with Gasteiger partial charge in [-0.15, -0.1) is 0 Å². The number of rotatable bonds is 4. The van der Waals surface area contributed by atoms with Crippen molar-refractivity contribution in [3.8, 4) is 0 Å². The summed E-state index contributed by atoms with van der Waals surface area (Å²) in [6.45, 7) is 15.2. The first-order valence-electron chi connectivity index (χ1n) is 5.68. The molecule has 0 aliphatic heterocycles. The van der Waals surface area contributed by atoms with Crippen LogP contribution in [0.3, 0.4) is 0 Å². The smallest absolute Gasteiger partial charge is 0.264 e. The highest BCUT2D eigenvalue weighted by Gasteiger charge is 2.39. The van der Waals surface area contributed by atoms with Gasteiger partial charge in [0.25, 0.3) is 14.3 Å². The number of hydrogen-bond acceptors (Lipinski definition) is 2. The van der Waals surface area contributed by atoms with Crippen LogP contribution in [-0.4, -0.2) is 15.4 Å². The van der Waals surface area contributed by atoms with Gasteiger partial charge >= 0.3 is 0 Å². The van der Waals surface area contributed by atoms with E-state index < -0.39 is 8.32 Å². The van der Waals surface area contributed by atoms with Crippen LogP contribution in [0.4, 0.5) is 0 Å². The molecule has 0 N–H and O–H groups in total. The van der Waals surface area contributed by atoms with Gasteiger partial charge in [0, 0.05) is 6.08 Å². The van der Waals surface area contributed by atoms with Crippen LogP contribution in [-0.2, 0) is 9.16 Å². The summed E-state index contributed by atoms with van der Waals surface area (Å²) in [7, 11) is -0.133. The lowest BCUT2D eigenvalue weighted by Gasteiger charge is -2.36. The topological polar surface area (TPSA) is 18.5 Å². The van der Waals surface area contributed by atoms with Gasteiger partial charge in [0.05, 0.1) is 7.11 Å². The molecule has 0 heterocycles. The fourth-order valence-electron chi connectivity index (χ4n) is 0.783. The first-order valence-corrected chi connectivity index (χ1v) is 8.59. The van der Waals surface area contributed by atoms with Crippen LogP contribution in [0, 0.1) is 0 Å². The van der Waals surface area contributed by atoms with Gasteiger partial charge in [-0.05, 0) is 32.0 Å². The summed E-state index contributed by atoms with van der Waals surface area (Å²) in [5.74, 6) is 0.618. The molecular weight excluding hydrogens is 216 g/mol. The summed E-state index contributed by atoms with van der Waals surface area (Å²) in [6, 6.07) is 0. The molecule has 0 rings (SSSR count). The maximum atomic E-state index is 6.04.